The average Bonchev–Trinajstić information content (AvgIpc) is 3.21. The zero-order valence-electron chi connectivity index (χ0n) is 17.4. The number of aromatic nitrogens is 2. The summed E-state index contributed by atoms with van der Waals surface area (Å²) in [4.78, 5) is 4.83. The Labute approximate surface area is 181 Å². The quantitative estimate of drug-likeness (QED) is 0.281. The maximum absolute atomic E-state index is 4.83. The van der Waals surface area contributed by atoms with Crippen LogP contribution in [0.25, 0.3) is 49.4 Å². The third kappa shape index (κ3) is 2.83. The third-order valence-corrected chi connectivity index (χ3v) is 6.13. The second-order valence-electron chi connectivity index (χ2n) is 7.95. The number of aryl methyl sites for hydroxylation is 1. The van der Waals surface area contributed by atoms with Crippen molar-refractivity contribution in [1.82, 2.24) is 9.55 Å². The summed E-state index contributed by atoms with van der Waals surface area (Å²) >= 11 is 0. The molecule has 0 saturated heterocycles. The molecule has 0 aliphatic carbocycles. The van der Waals surface area contributed by atoms with Crippen molar-refractivity contribution in [3.63, 3.8) is 0 Å². The van der Waals surface area contributed by atoms with E-state index in [-0.39, 0.29) is 0 Å². The molecule has 0 aliphatic rings. The molecule has 0 N–H and O–H groups in total. The number of hydrogen-bond acceptors (Lipinski definition) is 1. The first-order chi connectivity index (χ1) is 15.3. The molecule has 31 heavy (non-hydrogen) atoms. The van der Waals surface area contributed by atoms with E-state index < -0.39 is 0 Å². The molecule has 6 rings (SSSR count). The van der Waals surface area contributed by atoms with Gasteiger partial charge >= 0.3 is 0 Å². The molecule has 0 aliphatic heterocycles. The minimum atomic E-state index is 0.893. The van der Waals surface area contributed by atoms with Gasteiger partial charge in [0.1, 0.15) is 5.82 Å². The van der Waals surface area contributed by atoms with Crippen molar-refractivity contribution in [3.05, 3.63) is 109 Å². The fourth-order valence-electron chi connectivity index (χ4n) is 4.70. The van der Waals surface area contributed by atoms with Crippen LogP contribution in [0.2, 0.25) is 0 Å². The minimum Gasteiger partial charge on any atom is -0.296 e. The molecule has 0 radical (unpaired) electrons. The van der Waals surface area contributed by atoms with Crippen molar-refractivity contribution < 1.29 is 0 Å². The van der Waals surface area contributed by atoms with E-state index in [2.05, 4.69) is 109 Å². The zero-order chi connectivity index (χ0) is 20.8. The van der Waals surface area contributed by atoms with Gasteiger partial charge in [0.2, 0.25) is 0 Å². The normalized spacial score (nSPS) is 11.5. The summed E-state index contributed by atoms with van der Waals surface area (Å²) in [6.45, 7) is 2.16. The summed E-state index contributed by atoms with van der Waals surface area (Å²) in [5.41, 5.74) is 5.88. The summed E-state index contributed by atoms with van der Waals surface area (Å²) in [6, 6.07) is 36.9. The third-order valence-electron chi connectivity index (χ3n) is 6.13. The predicted octanol–water partition coefficient (Wildman–Crippen LogP) is 7.56. The monoisotopic (exact) mass is 398 g/mol. The highest BCUT2D eigenvalue weighted by Crippen LogP contribution is 2.36. The molecule has 0 fully saturated rings. The molecule has 0 unspecified atom stereocenters. The molecule has 0 bridgehead atoms. The van der Waals surface area contributed by atoms with Crippen LogP contribution in [-0.4, -0.2) is 9.55 Å². The van der Waals surface area contributed by atoms with Crippen LogP contribution in [0.15, 0.2) is 103 Å². The summed E-state index contributed by atoms with van der Waals surface area (Å²) in [6.07, 6.45) is 0.893. The molecule has 0 amide bonds. The van der Waals surface area contributed by atoms with Gasteiger partial charge in [-0.3, -0.25) is 4.57 Å². The second-order valence-corrected chi connectivity index (χ2v) is 7.95. The smallest absolute Gasteiger partial charge is 0.114 e. The fourth-order valence-corrected chi connectivity index (χ4v) is 4.70. The number of para-hydroxylation sites is 2. The summed E-state index contributed by atoms with van der Waals surface area (Å²) < 4.78 is 2.28. The van der Waals surface area contributed by atoms with Crippen molar-refractivity contribution in [3.8, 4) is 16.8 Å². The Hall–Kier alpha value is -3.91. The molecule has 0 saturated carbocycles. The van der Waals surface area contributed by atoms with E-state index in [1.165, 1.54) is 32.7 Å². The van der Waals surface area contributed by atoms with Crippen molar-refractivity contribution in [2.45, 2.75) is 13.3 Å². The lowest BCUT2D eigenvalue weighted by Gasteiger charge is -2.14. The number of benzene rings is 5. The van der Waals surface area contributed by atoms with Crippen LogP contribution in [0.1, 0.15) is 12.7 Å². The minimum absolute atomic E-state index is 0.893. The van der Waals surface area contributed by atoms with Crippen LogP contribution >= 0.6 is 0 Å². The molecular formula is C29H22N2. The van der Waals surface area contributed by atoms with Crippen molar-refractivity contribution >= 4 is 32.6 Å². The highest BCUT2D eigenvalue weighted by molar-refractivity contribution is 6.12. The first kappa shape index (κ1) is 17.9. The van der Waals surface area contributed by atoms with Gasteiger partial charge in [-0.2, -0.15) is 0 Å². The lowest BCUT2D eigenvalue weighted by atomic mass is 9.92. The molecule has 5 aromatic carbocycles. The second kappa shape index (κ2) is 7.10. The van der Waals surface area contributed by atoms with Crippen molar-refractivity contribution in [1.29, 1.82) is 0 Å². The van der Waals surface area contributed by atoms with Gasteiger partial charge in [-0.15, -0.1) is 0 Å². The fraction of sp³-hybridized carbons (Fsp3) is 0.0690. The standard InChI is InChI=1S/C29H22N2/c1-2-28-30-26-13-7-8-14-27(26)31(28)23-17-15-20(16-18-23)29-24-11-5-3-9-21(24)19-22-10-4-6-12-25(22)29/h3-19H,2H2,1H3. The maximum atomic E-state index is 4.83. The van der Waals surface area contributed by atoms with Crippen LogP contribution in [0.3, 0.4) is 0 Å². The lowest BCUT2D eigenvalue weighted by molar-refractivity contribution is 0.908. The Morgan fingerprint density at radius 1 is 0.677 bits per heavy atom. The van der Waals surface area contributed by atoms with Gasteiger partial charge in [0.15, 0.2) is 0 Å². The van der Waals surface area contributed by atoms with E-state index in [0.29, 0.717) is 0 Å². The first-order valence-corrected chi connectivity index (χ1v) is 10.8. The summed E-state index contributed by atoms with van der Waals surface area (Å²) in [5.74, 6) is 1.09. The van der Waals surface area contributed by atoms with Gasteiger partial charge in [-0.1, -0.05) is 79.7 Å². The first-order valence-electron chi connectivity index (χ1n) is 10.8. The van der Waals surface area contributed by atoms with E-state index in [9.17, 15) is 0 Å². The number of imidazole rings is 1. The predicted molar refractivity (Wildman–Crippen MR) is 131 cm³/mol. The molecule has 0 spiro atoms. The van der Waals surface area contributed by atoms with E-state index in [4.69, 9.17) is 4.98 Å². The Morgan fingerprint density at radius 2 is 1.29 bits per heavy atom. The molecule has 2 heteroatoms. The number of hydrogen-bond donors (Lipinski definition) is 0. The molecule has 1 aromatic heterocycles. The van der Waals surface area contributed by atoms with Gasteiger partial charge in [0.25, 0.3) is 0 Å². The molecule has 148 valence electrons. The van der Waals surface area contributed by atoms with Gasteiger partial charge in [0, 0.05) is 12.1 Å². The van der Waals surface area contributed by atoms with E-state index in [1.807, 2.05) is 6.07 Å². The van der Waals surface area contributed by atoms with Crippen molar-refractivity contribution in [2.24, 2.45) is 0 Å². The Balaban J connectivity index is 1.57. The van der Waals surface area contributed by atoms with E-state index >= 15 is 0 Å². The molecule has 6 aromatic rings. The van der Waals surface area contributed by atoms with Gasteiger partial charge in [0.05, 0.1) is 11.0 Å². The molecule has 1 heterocycles. The van der Waals surface area contributed by atoms with Crippen molar-refractivity contribution in [2.75, 3.05) is 0 Å². The van der Waals surface area contributed by atoms with E-state index in [0.717, 1.165) is 29.0 Å². The number of rotatable bonds is 3. The van der Waals surface area contributed by atoms with Crippen LogP contribution in [0, 0.1) is 0 Å². The van der Waals surface area contributed by atoms with E-state index in [1.54, 1.807) is 0 Å². The Morgan fingerprint density at radius 3 is 1.97 bits per heavy atom. The van der Waals surface area contributed by atoms with Crippen LogP contribution in [0.4, 0.5) is 0 Å². The van der Waals surface area contributed by atoms with Crippen LogP contribution in [-0.2, 0) is 6.42 Å². The Bertz CT molecular complexity index is 1500. The average molecular weight is 399 g/mol. The summed E-state index contributed by atoms with van der Waals surface area (Å²) in [5, 5.41) is 5.12. The van der Waals surface area contributed by atoms with Crippen LogP contribution < -0.4 is 0 Å². The Kier molecular flexibility index (Phi) is 4.10. The maximum Gasteiger partial charge on any atom is 0.114 e. The van der Waals surface area contributed by atoms with Gasteiger partial charge in [-0.05, 0) is 63.0 Å². The van der Waals surface area contributed by atoms with Gasteiger partial charge < -0.3 is 0 Å². The molecular weight excluding hydrogens is 376 g/mol. The lowest BCUT2D eigenvalue weighted by Crippen LogP contribution is -1.99. The number of fused-ring (bicyclic) bond motifs is 3. The summed E-state index contributed by atoms with van der Waals surface area (Å²) in [7, 11) is 0. The van der Waals surface area contributed by atoms with Gasteiger partial charge in [-0.25, -0.2) is 4.98 Å². The topological polar surface area (TPSA) is 17.8 Å². The highest BCUT2D eigenvalue weighted by Gasteiger charge is 2.13. The van der Waals surface area contributed by atoms with Crippen LogP contribution in [0.5, 0.6) is 0 Å². The SMILES string of the molecule is CCc1nc2ccccc2n1-c1ccc(-c2c3ccccc3cc3ccccc23)cc1. The largest absolute Gasteiger partial charge is 0.296 e. The highest BCUT2D eigenvalue weighted by atomic mass is 15.1. The zero-order valence-corrected chi connectivity index (χ0v) is 17.4. The molecule has 0 atom stereocenters. The molecule has 2 nitrogen and oxygen atoms in total. The number of nitrogens with zero attached hydrogens (tertiary/aromatic N) is 2.